The van der Waals surface area contributed by atoms with E-state index in [9.17, 15) is 4.39 Å². The monoisotopic (exact) mass is 130 g/mol. The first-order valence-corrected chi connectivity index (χ1v) is 3.25. The van der Waals surface area contributed by atoms with Crippen LogP contribution in [0.25, 0.3) is 0 Å². The molecule has 0 fully saturated rings. The predicted octanol–water partition coefficient (Wildman–Crippen LogP) is 1.43. The lowest BCUT2D eigenvalue weighted by Crippen LogP contribution is -2.06. The molecule has 1 atom stereocenters. The molecular formula is C7H11FO. The Hall–Kier alpha value is -0.370. The highest BCUT2D eigenvalue weighted by Crippen LogP contribution is 2.19. The molecule has 0 aromatic heterocycles. The standard InChI is InChI=1S/C7H11FO/c8-7-3-1-6(5-9)2-4-7/h1,7,9H,2-5H2. The van der Waals surface area contributed by atoms with Gasteiger partial charge in [0.1, 0.15) is 6.17 Å². The van der Waals surface area contributed by atoms with Crippen molar-refractivity contribution in [3.05, 3.63) is 11.6 Å². The maximum atomic E-state index is 12.4. The highest BCUT2D eigenvalue weighted by molar-refractivity contribution is 5.06. The van der Waals surface area contributed by atoms with Gasteiger partial charge in [0.05, 0.1) is 6.61 Å². The van der Waals surface area contributed by atoms with E-state index in [0.29, 0.717) is 12.8 Å². The van der Waals surface area contributed by atoms with Crippen molar-refractivity contribution in [1.82, 2.24) is 0 Å². The van der Waals surface area contributed by atoms with E-state index in [1.807, 2.05) is 0 Å². The minimum Gasteiger partial charge on any atom is -0.392 e. The normalized spacial score (nSPS) is 27.8. The lowest BCUT2D eigenvalue weighted by Gasteiger charge is -2.13. The van der Waals surface area contributed by atoms with Crippen LogP contribution in [0.15, 0.2) is 11.6 Å². The minimum atomic E-state index is -0.666. The van der Waals surface area contributed by atoms with Crippen molar-refractivity contribution >= 4 is 0 Å². The van der Waals surface area contributed by atoms with Gasteiger partial charge in [-0.15, -0.1) is 0 Å². The van der Waals surface area contributed by atoms with Gasteiger partial charge in [-0.05, 0) is 24.8 Å². The molecule has 0 spiro atoms. The average molecular weight is 130 g/mol. The predicted molar refractivity (Wildman–Crippen MR) is 33.9 cm³/mol. The average Bonchev–Trinajstić information content (AvgIpc) is 1.90. The Kier molecular flexibility index (Phi) is 2.22. The van der Waals surface area contributed by atoms with Crippen molar-refractivity contribution < 1.29 is 9.50 Å². The SMILES string of the molecule is OCC1=CCC(F)CC1. The van der Waals surface area contributed by atoms with Gasteiger partial charge in [0.25, 0.3) is 0 Å². The summed E-state index contributed by atoms with van der Waals surface area (Å²) < 4.78 is 12.4. The summed E-state index contributed by atoms with van der Waals surface area (Å²) in [5, 5.41) is 8.59. The maximum Gasteiger partial charge on any atom is 0.104 e. The molecular weight excluding hydrogens is 119 g/mol. The Balaban J connectivity index is 2.40. The fourth-order valence-electron chi connectivity index (χ4n) is 1.00. The summed E-state index contributed by atoms with van der Waals surface area (Å²) in [6.07, 6.45) is 2.95. The van der Waals surface area contributed by atoms with Gasteiger partial charge in [-0.2, -0.15) is 0 Å². The highest BCUT2D eigenvalue weighted by atomic mass is 19.1. The Morgan fingerprint density at radius 1 is 1.78 bits per heavy atom. The van der Waals surface area contributed by atoms with Crippen LogP contribution >= 0.6 is 0 Å². The zero-order chi connectivity index (χ0) is 6.69. The Morgan fingerprint density at radius 2 is 2.56 bits per heavy atom. The first-order valence-electron chi connectivity index (χ1n) is 3.25. The molecule has 1 N–H and O–H groups in total. The van der Waals surface area contributed by atoms with Crippen LogP contribution in [-0.4, -0.2) is 17.9 Å². The van der Waals surface area contributed by atoms with E-state index in [1.54, 1.807) is 6.08 Å². The molecule has 0 aromatic rings. The molecule has 0 saturated carbocycles. The summed E-state index contributed by atoms with van der Waals surface area (Å²) in [7, 11) is 0. The molecule has 0 bridgehead atoms. The fourth-order valence-corrected chi connectivity index (χ4v) is 1.00. The van der Waals surface area contributed by atoms with Gasteiger partial charge in [-0.1, -0.05) is 6.08 Å². The van der Waals surface area contributed by atoms with Crippen LogP contribution in [0.4, 0.5) is 4.39 Å². The highest BCUT2D eigenvalue weighted by Gasteiger charge is 2.11. The number of aliphatic hydroxyl groups is 1. The second-order valence-electron chi connectivity index (χ2n) is 2.39. The molecule has 0 heterocycles. The van der Waals surface area contributed by atoms with Gasteiger partial charge in [-0.3, -0.25) is 0 Å². The first kappa shape index (κ1) is 6.75. The first-order chi connectivity index (χ1) is 4.33. The summed E-state index contributed by atoms with van der Waals surface area (Å²) in [5.74, 6) is 0. The molecule has 2 heteroatoms. The molecule has 0 aliphatic heterocycles. The number of aliphatic hydroxyl groups excluding tert-OH is 1. The number of halogens is 1. The number of allylic oxidation sites excluding steroid dienone is 1. The molecule has 1 nitrogen and oxygen atoms in total. The second-order valence-corrected chi connectivity index (χ2v) is 2.39. The van der Waals surface area contributed by atoms with Crippen molar-refractivity contribution in [3.63, 3.8) is 0 Å². The lowest BCUT2D eigenvalue weighted by atomic mass is 9.99. The van der Waals surface area contributed by atoms with E-state index in [1.165, 1.54) is 0 Å². The van der Waals surface area contributed by atoms with Gasteiger partial charge in [0, 0.05) is 0 Å². The van der Waals surface area contributed by atoms with Gasteiger partial charge in [0.2, 0.25) is 0 Å². The summed E-state index contributed by atoms with van der Waals surface area (Å²) in [6, 6.07) is 0. The molecule has 9 heavy (non-hydrogen) atoms. The van der Waals surface area contributed by atoms with Gasteiger partial charge in [-0.25, -0.2) is 4.39 Å². The molecule has 1 rings (SSSR count). The molecule has 0 aromatic carbocycles. The van der Waals surface area contributed by atoms with Crippen LogP contribution in [0.3, 0.4) is 0 Å². The summed E-state index contributed by atoms with van der Waals surface area (Å²) >= 11 is 0. The Morgan fingerprint density at radius 3 is 3.00 bits per heavy atom. The van der Waals surface area contributed by atoms with Crippen molar-refractivity contribution in [2.45, 2.75) is 25.4 Å². The van der Waals surface area contributed by atoms with E-state index in [2.05, 4.69) is 0 Å². The number of hydrogen-bond donors (Lipinski definition) is 1. The van der Waals surface area contributed by atoms with Gasteiger partial charge in [0.15, 0.2) is 0 Å². The van der Waals surface area contributed by atoms with E-state index < -0.39 is 6.17 Å². The topological polar surface area (TPSA) is 20.2 Å². The summed E-state index contributed by atoms with van der Waals surface area (Å²) in [5.41, 5.74) is 0.990. The molecule has 1 aliphatic rings. The quantitative estimate of drug-likeness (QED) is 0.532. The third kappa shape index (κ3) is 1.79. The minimum absolute atomic E-state index is 0.104. The Bertz CT molecular complexity index is 120. The zero-order valence-electron chi connectivity index (χ0n) is 5.31. The van der Waals surface area contributed by atoms with Crippen LogP contribution in [0.1, 0.15) is 19.3 Å². The maximum absolute atomic E-state index is 12.4. The smallest absolute Gasteiger partial charge is 0.104 e. The van der Waals surface area contributed by atoms with Crippen molar-refractivity contribution in [1.29, 1.82) is 0 Å². The van der Waals surface area contributed by atoms with Crippen LogP contribution in [0.2, 0.25) is 0 Å². The van der Waals surface area contributed by atoms with E-state index >= 15 is 0 Å². The molecule has 0 radical (unpaired) electrons. The fraction of sp³-hybridized carbons (Fsp3) is 0.714. The van der Waals surface area contributed by atoms with Crippen LogP contribution in [0.5, 0.6) is 0 Å². The summed E-state index contributed by atoms with van der Waals surface area (Å²) in [6.45, 7) is 0.104. The van der Waals surface area contributed by atoms with Crippen LogP contribution in [-0.2, 0) is 0 Å². The summed E-state index contributed by atoms with van der Waals surface area (Å²) in [4.78, 5) is 0. The molecule has 52 valence electrons. The van der Waals surface area contributed by atoms with Crippen LogP contribution in [0, 0.1) is 0 Å². The number of rotatable bonds is 1. The lowest BCUT2D eigenvalue weighted by molar-refractivity contribution is 0.283. The number of alkyl halides is 1. The van der Waals surface area contributed by atoms with Crippen molar-refractivity contribution in [2.24, 2.45) is 0 Å². The Labute approximate surface area is 54.2 Å². The number of hydrogen-bond acceptors (Lipinski definition) is 1. The van der Waals surface area contributed by atoms with Crippen molar-refractivity contribution in [2.75, 3.05) is 6.61 Å². The van der Waals surface area contributed by atoms with E-state index in [4.69, 9.17) is 5.11 Å². The molecule has 1 aliphatic carbocycles. The van der Waals surface area contributed by atoms with E-state index in [-0.39, 0.29) is 6.61 Å². The molecule has 0 saturated heterocycles. The third-order valence-electron chi connectivity index (χ3n) is 1.64. The van der Waals surface area contributed by atoms with Gasteiger partial charge < -0.3 is 5.11 Å². The van der Waals surface area contributed by atoms with Crippen molar-refractivity contribution in [3.8, 4) is 0 Å². The van der Waals surface area contributed by atoms with Gasteiger partial charge >= 0.3 is 0 Å². The largest absolute Gasteiger partial charge is 0.392 e. The zero-order valence-corrected chi connectivity index (χ0v) is 5.31. The second kappa shape index (κ2) is 2.97. The molecule has 1 unspecified atom stereocenters. The third-order valence-corrected chi connectivity index (χ3v) is 1.64. The molecule has 0 amide bonds. The van der Waals surface area contributed by atoms with E-state index in [0.717, 1.165) is 12.0 Å². The van der Waals surface area contributed by atoms with Crippen LogP contribution < -0.4 is 0 Å².